The van der Waals surface area contributed by atoms with E-state index in [1.807, 2.05) is 0 Å². The highest BCUT2D eigenvalue weighted by atomic mass is 32.3. The average molecular weight is 1210 g/mol. The van der Waals surface area contributed by atoms with Crippen LogP contribution in [0.4, 0.5) is 4.39 Å². The van der Waals surface area contributed by atoms with Crippen LogP contribution < -0.4 is 18.7 Å². The maximum Gasteiger partial charge on any atom is 0.501 e. The number of pyridine rings is 2. The predicted molar refractivity (Wildman–Crippen MR) is 279 cm³/mol. The van der Waals surface area contributed by atoms with Crippen LogP contribution in [0.25, 0.3) is 22.3 Å². The van der Waals surface area contributed by atoms with Gasteiger partial charge in [0, 0.05) is 52.4 Å². The Bertz CT molecular complexity index is 3720. The Morgan fingerprint density at radius 2 is 1.56 bits per heavy atom. The van der Waals surface area contributed by atoms with Crippen molar-refractivity contribution < 1.29 is 109 Å². The number of aromatic nitrogens is 5. The van der Waals surface area contributed by atoms with Gasteiger partial charge < -0.3 is 76.9 Å². The Kier molecular flexibility index (Phi) is 17.1. The normalized spacial score (nSPS) is 21.4. The molecule has 85 heavy (non-hydrogen) atoms. The summed E-state index contributed by atoms with van der Waals surface area (Å²) in [5, 5.41) is 70.6. The van der Waals surface area contributed by atoms with E-state index in [9.17, 15) is 72.6 Å². The molecule has 4 aliphatic heterocycles. The number of esters is 1. The number of carbonyl (C=O) groups is 6. The first kappa shape index (κ1) is 59.8. The van der Waals surface area contributed by atoms with Crippen LogP contribution in [0.5, 0.6) is 17.2 Å². The number of amides is 3. The highest BCUT2D eigenvalue weighted by molar-refractivity contribution is 7.82. The van der Waals surface area contributed by atoms with Crippen LogP contribution in [0.15, 0.2) is 53.5 Å². The van der Waals surface area contributed by atoms with E-state index in [1.54, 1.807) is 13.1 Å². The highest BCUT2D eigenvalue weighted by Crippen LogP contribution is 2.45. The van der Waals surface area contributed by atoms with Gasteiger partial charge >= 0.3 is 28.3 Å². The van der Waals surface area contributed by atoms with E-state index in [0.29, 0.717) is 41.6 Å². The lowest BCUT2D eigenvalue weighted by molar-refractivity contribution is -0.271. The summed E-state index contributed by atoms with van der Waals surface area (Å²) in [5.74, 6) is -9.82. The van der Waals surface area contributed by atoms with Gasteiger partial charge in [0.1, 0.15) is 37.2 Å². The third-order valence-corrected chi connectivity index (χ3v) is 15.5. The average Bonchev–Trinajstić information content (AvgIpc) is 1.69. The van der Waals surface area contributed by atoms with Crippen LogP contribution >= 0.6 is 0 Å². The molecular formula is C53H54FN7O23S. The molecule has 7 heterocycles. The van der Waals surface area contributed by atoms with Crippen LogP contribution in [0.3, 0.4) is 0 Å². The molecule has 5 aromatic rings. The molecule has 6 N–H and O–H groups in total. The third-order valence-electron chi connectivity index (χ3n) is 14.7. The second-order valence-electron chi connectivity index (χ2n) is 20.1. The first-order valence-corrected chi connectivity index (χ1v) is 27.8. The quantitative estimate of drug-likeness (QED) is 0.0227. The topological polar surface area (TPSA) is 404 Å². The smallest absolute Gasteiger partial charge is 0.480 e. The molecule has 0 spiro atoms. The second kappa shape index (κ2) is 24.3. The van der Waals surface area contributed by atoms with Crippen LogP contribution in [-0.2, 0) is 103 Å². The monoisotopic (exact) mass is 1210 g/mol. The van der Waals surface area contributed by atoms with Crippen LogP contribution in [0, 0.1) is 5.82 Å². The van der Waals surface area contributed by atoms with E-state index < -0.39 is 123 Å². The molecule has 1 saturated heterocycles. The predicted octanol–water partition coefficient (Wildman–Crippen LogP) is -1.03. The van der Waals surface area contributed by atoms with Gasteiger partial charge in [-0.1, -0.05) is 12.1 Å². The molecule has 0 radical (unpaired) electrons. The van der Waals surface area contributed by atoms with E-state index in [2.05, 4.69) is 10.3 Å². The standard InChI is InChI=1S/C53H54FN7O23S/c1-2-53(74)32-19-35-42-30(23-60(35)49(70)31(32)25-80-52(53)73)28-4-3-5-29-41(28)34(55-42)20-33(54)46(29)84-85(75,76)83-37-18-26(6-7-36(37)81-51-45(68)43(66)44(67)47(82-51)50(71)72)48(69)58(24-40(64)65)10-12-77-14-16-79-17-15-78-13-11-59-21-27(56-57-59)22-61-38(62)8-9-39(61)63/h6-9,18-21,43-45,47,51,66-68,74H,2-5,10-17,22-25H2,1H3,(H,64,65)(H,71,72)/t43-,44-,45+,47-,51?,53-/m0/s1. The van der Waals surface area contributed by atoms with Gasteiger partial charge in [0.25, 0.3) is 23.3 Å². The van der Waals surface area contributed by atoms with Crippen LogP contribution in [0.2, 0.25) is 0 Å². The van der Waals surface area contributed by atoms with Gasteiger partial charge in [-0.2, -0.15) is 0 Å². The third kappa shape index (κ3) is 12.0. The number of fused-ring (bicyclic) bond motifs is 5. The zero-order chi connectivity index (χ0) is 60.6. The largest absolute Gasteiger partial charge is 0.501 e. The summed E-state index contributed by atoms with van der Waals surface area (Å²) in [7, 11) is -5.56. The van der Waals surface area contributed by atoms with Gasteiger partial charge in [0.05, 0.1) is 87.9 Å². The first-order chi connectivity index (χ1) is 40.6. The van der Waals surface area contributed by atoms with E-state index in [0.717, 1.165) is 34.1 Å². The summed E-state index contributed by atoms with van der Waals surface area (Å²) in [6.07, 6.45) is -6.35. The summed E-state index contributed by atoms with van der Waals surface area (Å²) >= 11 is 0. The molecule has 10 rings (SSSR count). The van der Waals surface area contributed by atoms with Crippen molar-refractivity contribution >= 4 is 56.9 Å². The Hall–Kier alpha value is -8.34. The van der Waals surface area contributed by atoms with Gasteiger partial charge in [-0.15, -0.1) is 13.5 Å². The van der Waals surface area contributed by atoms with Gasteiger partial charge in [-0.05, 0) is 55.5 Å². The maximum absolute atomic E-state index is 16.5. The SMILES string of the molecule is CC[C@@]1(O)C(=O)OCc2c1cc1n(c2=O)Cc2c-1nc1cc(F)c(OS(=O)(=O)Oc3cc(C(=O)N(CCOCCOCCOCCn4cc(CN5C(=O)C=CC5=O)nn4)CC(=O)O)ccc3OC3O[C@H](C(=O)O)[C@@H](O)[C@H](O)[C@H]3O)c3c1c2CCC3. The molecule has 1 aliphatic carbocycles. The van der Waals surface area contributed by atoms with Crippen molar-refractivity contribution in [3.05, 3.63) is 104 Å². The molecule has 1 unspecified atom stereocenters. The van der Waals surface area contributed by atoms with Crippen molar-refractivity contribution in [3.63, 3.8) is 0 Å². The number of ether oxygens (including phenoxy) is 6. The Morgan fingerprint density at radius 3 is 2.27 bits per heavy atom. The lowest BCUT2D eigenvalue weighted by Crippen LogP contribution is -2.61. The fourth-order valence-electron chi connectivity index (χ4n) is 10.5. The zero-order valence-corrected chi connectivity index (χ0v) is 45.7. The van der Waals surface area contributed by atoms with Crippen molar-refractivity contribution in [2.75, 3.05) is 52.7 Å². The minimum atomic E-state index is -5.56. The number of aliphatic hydroxyl groups is 4. The molecule has 2 aromatic carbocycles. The summed E-state index contributed by atoms with van der Waals surface area (Å²) in [4.78, 5) is 94.9. The molecule has 1 fully saturated rings. The van der Waals surface area contributed by atoms with Gasteiger partial charge in [0.2, 0.25) is 6.29 Å². The van der Waals surface area contributed by atoms with E-state index >= 15 is 4.39 Å². The van der Waals surface area contributed by atoms with Crippen molar-refractivity contribution in [3.8, 4) is 28.6 Å². The summed E-state index contributed by atoms with van der Waals surface area (Å²) in [5.41, 5.74) is -0.847. The second-order valence-corrected chi connectivity index (χ2v) is 21.2. The number of cyclic esters (lactones) is 1. The van der Waals surface area contributed by atoms with Crippen molar-refractivity contribution in [2.24, 2.45) is 0 Å². The number of aryl methyl sites for hydroxylation is 2. The Balaban J connectivity index is 0.827. The van der Waals surface area contributed by atoms with E-state index in [4.69, 9.17) is 41.8 Å². The number of aliphatic carboxylic acids is 2. The number of halogens is 1. The number of carbonyl (C=O) groups excluding carboxylic acids is 4. The van der Waals surface area contributed by atoms with Gasteiger partial charge in [0.15, 0.2) is 34.8 Å². The zero-order valence-electron chi connectivity index (χ0n) is 44.9. The van der Waals surface area contributed by atoms with E-state index in [-0.39, 0.29) is 112 Å². The van der Waals surface area contributed by atoms with Crippen molar-refractivity contribution in [2.45, 2.75) is 95.2 Å². The van der Waals surface area contributed by atoms with E-state index in [1.165, 1.54) is 27.5 Å². The summed E-state index contributed by atoms with van der Waals surface area (Å²) < 4.78 is 91.0. The maximum atomic E-state index is 16.5. The molecule has 5 aliphatic rings. The number of benzene rings is 2. The molecular weight excluding hydrogens is 1150 g/mol. The fourth-order valence-corrected chi connectivity index (χ4v) is 11.2. The Labute approximate surface area is 479 Å². The number of carboxylic acid groups (broad SMARTS) is 2. The Morgan fingerprint density at radius 1 is 0.859 bits per heavy atom. The molecule has 0 bridgehead atoms. The number of hydrogen-bond donors (Lipinski definition) is 6. The molecule has 32 heteroatoms. The molecule has 6 atom stereocenters. The first-order valence-electron chi connectivity index (χ1n) is 26.4. The number of carboxylic acids is 2. The lowest BCUT2D eigenvalue weighted by atomic mass is 9.85. The van der Waals surface area contributed by atoms with Gasteiger partial charge in [-0.3, -0.25) is 28.9 Å². The summed E-state index contributed by atoms with van der Waals surface area (Å²) in [6, 6.07) is 5.07. The minimum absolute atomic E-state index is 0.0121. The number of nitrogens with zero attached hydrogens (tertiary/aromatic N) is 7. The van der Waals surface area contributed by atoms with Crippen LogP contribution in [0.1, 0.15) is 63.6 Å². The van der Waals surface area contributed by atoms with Crippen molar-refractivity contribution in [1.29, 1.82) is 0 Å². The molecule has 3 aromatic heterocycles. The number of aliphatic hydroxyl groups excluding tert-OH is 3. The highest BCUT2D eigenvalue weighted by Gasteiger charge is 2.49. The van der Waals surface area contributed by atoms with Gasteiger partial charge in [-0.25, -0.2) is 23.6 Å². The molecule has 0 saturated carbocycles. The van der Waals surface area contributed by atoms with Crippen LogP contribution in [-0.4, -0.2) is 192 Å². The number of rotatable bonds is 25. The summed E-state index contributed by atoms with van der Waals surface area (Å²) in [6.45, 7) is 0.552. The minimum Gasteiger partial charge on any atom is -0.480 e. The number of hydrogen-bond acceptors (Lipinski definition) is 24. The molecule has 3 amide bonds. The lowest BCUT2D eigenvalue weighted by Gasteiger charge is -2.38. The molecule has 30 nitrogen and oxygen atoms in total. The van der Waals surface area contributed by atoms with Crippen molar-refractivity contribution in [1.82, 2.24) is 34.3 Å². The number of imide groups is 1. The fraction of sp³-hybridized carbons (Fsp3) is 0.434. The molecule has 452 valence electrons.